The number of hydrogen-bond acceptors (Lipinski definition) is 1. The summed E-state index contributed by atoms with van der Waals surface area (Å²) in [6, 6.07) is 15.5. The zero-order valence-electron chi connectivity index (χ0n) is 10.1. The van der Waals surface area contributed by atoms with Crippen LogP contribution in [0, 0.1) is 11.8 Å². The molecule has 0 saturated heterocycles. The summed E-state index contributed by atoms with van der Waals surface area (Å²) >= 11 is 3.98. The lowest BCUT2D eigenvalue weighted by molar-refractivity contribution is 0.265. The highest BCUT2D eigenvalue weighted by molar-refractivity contribution is 7.96. The van der Waals surface area contributed by atoms with E-state index in [9.17, 15) is 4.79 Å². The van der Waals surface area contributed by atoms with Crippen LogP contribution in [0.25, 0.3) is 0 Å². The van der Waals surface area contributed by atoms with E-state index in [0.29, 0.717) is 6.54 Å². The van der Waals surface area contributed by atoms with E-state index in [-0.39, 0.29) is 5.24 Å². The molecule has 0 saturated carbocycles. The fraction of sp³-hybridized carbons (Fsp3) is 0.0625. The second-order valence-electron chi connectivity index (χ2n) is 4.29. The van der Waals surface area contributed by atoms with Crippen molar-refractivity contribution in [1.82, 2.24) is 0 Å². The molecule has 0 fully saturated rings. The van der Waals surface area contributed by atoms with Gasteiger partial charge in [0, 0.05) is 11.1 Å². The molecular weight excluding hydrogens is 254 g/mol. The number of hydrogen-bond donors (Lipinski definition) is 1. The molecule has 0 N–H and O–H groups in total. The summed E-state index contributed by atoms with van der Waals surface area (Å²) in [4.78, 5) is 13.4. The molecule has 92 valence electrons. The average molecular weight is 265 g/mol. The van der Waals surface area contributed by atoms with Crippen LogP contribution in [-0.4, -0.2) is 5.24 Å². The molecule has 2 aromatic rings. The SMILES string of the molecule is O=C(S)N1Cc2ccccc2C#Cc2ccccc21. The van der Waals surface area contributed by atoms with Crippen molar-refractivity contribution < 1.29 is 4.79 Å². The highest BCUT2D eigenvalue weighted by Crippen LogP contribution is 2.26. The molecule has 3 heteroatoms. The Hall–Kier alpha value is -2.18. The number of para-hydroxylation sites is 1. The molecule has 2 aromatic carbocycles. The monoisotopic (exact) mass is 265 g/mol. The van der Waals surface area contributed by atoms with Crippen LogP contribution >= 0.6 is 12.6 Å². The predicted molar refractivity (Wildman–Crippen MR) is 79.4 cm³/mol. The summed E-state index contributed by atoms with van der Waals surface area (Å²) in [5, 5.41) is -0.272. The summed E-state index contributed by atoms with van der Waals surface area (Å²) in [7, 11) is 0. The van der Waals surface area contributed by atoms with E-state index in [0.717, 1.165) is 22.4 Å². The molecule has 0 aliphatic carbocycles. The number of carbonyl (C=O) groups excluding carboxylic acids is 1. The van der Waals surface area contributed by atoms with E-state index in [1.165, 1.54) is 0 Å². The second-order valence-corrected chi connectivity index (χ2v) is 4.68. The molecule has 1 aliphatic rings. The Balaban J connectivity index is 2.23. The van der Waals surface area contributed by atoms with Crippen molar-refractivity contribution in [3.05, 3.63) is 65.2 Å². The molecule has 0 aromatic heterocycles. The van der Waals surface area contributed by atoms with Gasteiger partial charge in [-0.2, -0.15) is 0 Å². The van der Waals surface area contributed by atoms with Gasteiger partial charge in [0.2, 0.25) is 0 Å². The Morgan fingerprint density at radius 1 is 1.00 bits per heavy atom. The minimum Gasteiger partial charge on any atom is -0.298 e. The first kappa shape index (κ1) is 11.9. The van der Waals surface area contributed by atoms with Crippen molar-refractivity contribution in [1.29, 1.82) is 0 Å². The minimum atomic E-state index is -0.272. The zero-order chi connectivity index (χ0) is 13.2. The Morgan fingerprint density at radius 3 is 2.42 bits per heavy atom. The smallest absolute Gasteiger partial charge is 0.283 e. The van der Waals surface area contributed by atoms with Gasteiger partial charge < -0.3 is 0 Å². The maximum absolute atomic E-state index is 11.8. The molecule has 0 spiro atoms. The van der Waals surface area contributed by atoms with E-state index in [4.69, 9.17) is 0 Å². The Bertz CT molecular complexity index is 712. The van der Waals surface area contributed by atoms with Crippen LogP contribution in [0.3, 0.4) is 0 Å². The maximum Gasteiger partial charge on any atom is 0.283 e. The van der Waals surface area contributed by atoms with Crippen molar-refractivity contribution in [3.63, 3.8) is 0 Å². The molecule has 0 radical (unpaired) electrons. The van der Waals surface area contributed by atoms with Gasteiger partial charge in [0.25, 0.3) is 5.24 Å². The zero-order valence-corrected chi connectivity index (χ0v) is 11.0. The maximum atomic E-state index is 11.8. The van der Waals surface area contributed by atoms with E-state index >= 15 is 0 Å². The molecule has 19 heavy (non-hydrogen) atoms. The molecule has 2 nitrogen and oxygen atoms in total. The summed E-state index contributed by atoms with van der Waals surface area (Å²) < 4.78 is 0. The van der Waals surface area contributed by atoms with E-state index in [1.807, 2.05) is 48.5 Å². The van der Waals surface area contributed by atoms with Crippen molar-refractivity contribution in [2.75, 3.05) is 4.90 Å². The number of thiol groups is 1. The van der Waals surface area contributed by atoms with Crippen molar-refractivity contribution >= 4 is 23.6 Å². The van der Waals surface area contributed by atoms with Gasteiger partial charge in [-0.1, -0.05) is 54.8 Å². The number of fused-ring (bicyclic) bond motifs is 2. The van der Waals surface area contributed by atoms with E-state index in [1.54, 1.807) is 4.90 Å². The van der Waals surface area contributed by atoms with Crippen LogP contribution in [-0.2, 0) is 6.54 Å². The first-order valence-corrected chi connectivity index (χ1v) is 6.40. The van der Waals surface area contributed by atoms with Crippen LogP contribution < -0.4 is 4.90 Å². The van der Waals surface area contributed by atoms with Crippen LogP contribution in [0.4, 0.5) is 10.5 Å². The molecule has 1 amide bonds. The van der Waals surface area contributed by atoms with Gasteiger partial charge in [0.1, 0.15) is 0 Å². The Morgan fingerprint density at radius 2 is 1.63 bits per heavy atom. The van der Waals surface area contributed by atoms with Crippen molar-refractivity contribution in [2.45, 2.75) is 6.54 Å². The number of amides is 1. The molecule has 1 aliphatic heterocycles. The van der Waals surface area contributed by atoms with Gasteiger partial charge in [-0.3, -0.25) is 9.69 Å². The van der Waals surface area contributed by atoms with Gasteiger partial charge in [-0.05, 0) is 23.8 Å². The first-order chi connectivity index (χ1) is 9.25. The summed E-state index contributed by atoms with van der Waals surface area (Å²) in [6.45, 7) is 0.490. The van der Waals surface area contributed by atoms with Gasteiger partial charge in [-0.15, -0.1) is 0 Å². The summed E-state index contributed by atoms with van der Waals surface area (Å²) in [5.41, 5.74) is 3.65. The van der Waals surface area contributed by atoms with E-state index in [2.05, 4.69) is 24.5 Å². The summed E-state index contributed by atoms with van der Waals surface area (Å²) in [6.07, 6.45) is 0. The number of rotatable bonds is 0. The molecular formula is C16H11NOS. The number of benzene rings is 2. The highest BCUT2D eigenvalue weighted by atomic mass is 32.1. The third kappa shape index (κ3) is 2.23. The van der Waals surface area contributed by atoms with Gasteiger partial charge in [0.05, 0.1) is 12.2 Å². The third-order valence-corrected chi connectivity index (χ3v) is 3.34. The Kier molecular flexibility index (Phi) is 3.02. The lowest BCUT2D eigenvalue weighted by Crippen LogP contribution is -2.27. The topological polar surface area (TPSA) is 20.3 Å². The molecule has 0 bridgehead atoms. The standard InChI is InChI=1S/C16H11NOS/c18-16(19)17-11-14-7-2-1-5-12(14)9-10-13-6-3-4-8-15(13)17/h1-8H,11H2,(H,18,19). The quantitative estimate of drug-likeness (QED) is 0.571. The third-order valence-electron chi connectivity index (χ3n) is 3.10. The fourth-order valence-electron chi connectivity index (χ4n) is 2.16. The van der Waals surface area contributed by atoms with Crippen LogP contribution in [0.1, 0.15) is 16.7 Å². The number of nitrogens with zero attached hydrogens (tertiary/aromatic N) is 1. The van der Waals surface area contributed by atoms with E-state index < -0.39 is 0 Å². The van der Waals surface area contributed by atoms with Gasteiger partial charge >= 0.3 is 0 Å². The van der Waals surface area contributed by atoms with Crippen LogP contribution in [0.5, 0.6) is 0 Å². The minimum absolute atomic E-state index is 0.272. The van der Waals surface area contributed by atoms with Gasteiger partial charge in [0.15, 0.2) is 0 Å². The largest absolute Gasteiger partial charge is 0.298 e. The number of carbonyl (C=O) groups is 1. The van der Waals surface area contributed by atoms with Crippen LogP contribution in [0.15, 0.2) is 48.5 Å². The van der Waals surface area contributed by atoms with Crippen molar-refractivity contribution in [2.24, 2.45) is 0 Å². The molecule has 0 unspecified atom stereocenters. The Labute approximate surface area is 117 Å². The molecule has 0 atom stereocenters. The first-order valence-electron chi connectivity index (χ1n) is 5.95. The predicted octanol–water partition coefficient (Wildman–Crippen LogP) is 3.46. The lowest BCUT2D eigenvalue weighted by Gasteiger charge is -2.23. The number of anilines is 1. The second kappa shape index (κ2) is 4.83. The highest BCUT2D eigenvalue weighted by Gasteiger charge is 2.18. The molecule has 1 heterocycles. The average Bonchev–Trinajstić information content (AvgIpc) is 2.41. The fourth-order valence-corrected chi connectivity index (χ4v) is 2.33. The van der Waals surface area contributed by atoms with Gasteiger partial charge in [-0.25, -0.2) is 0 Å². The molecule has 3 rings (SSSR count). The van der Waals surface area contributed by atoms with Crippen molar-refractivity contribution in [3.8, 4) is 11.8 Å². The normalized spacial score (nSPS) is 12.4. The van der Waals surface area contributed by atoms with Crippen LogP contribution in [0.2, 0.25) is 0 Å². The summed E-state index contributed by atoms with van der Waals surface area (Å²) in [5.74, 6) is 6.30. The lowest BCUT2D eigenvalue weighted by atomic mass is 10.0.